The maximum absolute atomic E-state index is 4.13. The number of rotatable bonds is 3. The second-order valence-corrected chi connectivity index (χ2v) is 3.99. The number of benzene rings is 1. The van der Waals surface area contributed by atoms with E-state index in [9.17, 15) is 0 Å². The van der Waals surface area contributed by atoms with Gasteiger partial charge in [-0.15, -0.1) is 0 Å². The van der Waals surface area contributed by atoms with Crippen LogP contribution < -0.4 is 5.32 Å². The minimum absolute atomic E-state index is 0.745. The van der Waals surface area contributed by atoms with E-state index in [4.69, 9.17) is 0 Å². The van der Waals surface area contributed by atoms with Crippen LogP contribution >= 0.6 is 0 Å². The highest BCUT2D eigenvalue weighted by Gasteiger charge is 2.00. The predicted molar refractivity (Wildman–Crippen MR) is 71.1 cm³/mol. The number of anilines is 1. The van der Waals surface area contributed by atoms with Crippen molar-refractivity contribution in [2.45, 2.75) is 6.54 Å². The monoisotopic (exact) mass is 236 g/mol. The fourth-order valence-electron chi connectivity index (χ4n) is 1.93. The standard InChI is InChI=1S/C14H12N4/c1-2-11-6-15-5-4-14(11)12(3-1)7-18-13-8-16-10-17-9-13/h1-6,8-10,18H,7H2. The van der Waals surface area contributed by atoms with Crippen LogP contribution in [0.5, 0.6) is 0 Å². The molecule has 3 rings (SSSR count). The van der Waals surface area contributed by atoms with E-state index in [2.05, 4.69) is 32.4 Å². The van der Waals surface area contributed by atoms with Crippen LogP contribution in [0.25, 0.3) is 10.8 Å². The van der Waals surface area contributed by atoms with Gasteiger partial charge in [-0.25, -0.2) is 9.97 Å². The topological polar surface area (TPSA) is 50.7 Å². The number of fused-ring (bicyclic) bond motifs is 1. The van der Waals surface area contributed by atoms with Crippen LogP contribution in [0.4, 0.5) is 5.69 Å². The summed E-state index contributed by atoms with van der Waals surface area (Å²) in [4.78, 5) is 12.1. The fraction of sp³-hybridized carbons (Fsp3) is 0.0714. The average molecular weight is 236 g/mol. The molecule has 18 heavy (non-hydrogen) atoms. The zero-order valence-electron chi connectivity index (χ0n) is 9.74. The van der Waals surface area contributed by atoms with E-state index in [1.807, 2.05) is 24.5 Å². The van der Waals surface area contributed by atoms with Gasteiger partial charge in [-0.2, -0.15) is 0 Å². The van der Waals surface area contributed by atoms with E-state index < -0.39 is 0 Å². The molecule has 0 aliphatic carbocycles. The highest BCUT2D eigenvalue weighted by atomic mass is 14.9. The molecule has 0 bridgehead atoms. The van der Waals surface area contributed by atoms with Crippen LogP contribution in [0.2, 0.25) is 0 Å². The van der Waals surface area contributed by atoms with E-state index in [0.29, 0.717) is 0 Å². The molecule has 1 aromatic carbocycles. The number of pyridine rings is 1. The van der Waals surface area contributed by atoms with Gasteiger partial charge in [0.05, 0.1) is 18.1 Å². The van der Waals surface area contributed by atoms with Crippen LogP contribution in [0.3, 0.4) is 0 Å². The molecule has 0 atom stereocenters. The van der Waals surface area contributed by atoms with Gasteiger partial charge >= 0.3 is 0 Å². The summed E-state index contributed by atoms with van der Waals surface area (Å²) in [5.74, 6) is 0. The normalized spacial score (nSPS) is 10.4. The van der Waals surface area contributed by atoms with E-state index in [1.165, 1.54) is 17.3 Å². The Kier molecular flexibility index (Phi) is 2.84. The molecule has 2 heterocycles. The fourth-order valence-corrected chi connectivity index (χ4v) is 1.93. The molecule has 0 spiro atoms. The van der Waals surface area contributed by atoms with Crippen LogP contribution in [-0.4, -0.2) is 15.0 Å². The van der Waals surface area contributed by atoms with Crippen molar-refractivity contribution >= 4 is 16.5 Å². The average Bonchev–Trinajstić information content (AvgIpc) is 2.46. The summed E-state index contributed by atoms with van der Waals surface area (Å²) in [6.45, 7) is 0.745. The molecular formula is C14H12N4. The molecule has 3 aromatic rings. The minimum Gasteiger partial charge on any atom is -0.378 e. The van der Waals surface area contributed by atoms with E-state index >= 15 is 0 Å². The Balaban J connectivity index is 1.87. The molecule has 0 aliphatic heterocycles. The molecular weight excluding hydrogens is 224 g/mol. The summed E-state index contributed by atoms with van der Waals surface area (Å²) in [5, 5.41) is 5.68. The minimum atomic E-state index is 0.745. The quantitative estimate of drug-likeness (QED) is 0.759. The van der Waals surface area contributed by atoms with Gasteiger partial charge in [-0.1, -0.05) is 18.2 Å². The smallest absolute Gasteiger partial charge is 0.115 e. The third kappa shape index (κ3) is 2.13. The third-order valence-corrected chi connectivity index (χ3v) is 2.81. The lowest BCUT2D eigenvalue weighted by atomic mass is 10.1. The first kappa shape index (κ1) is 10.7. The highest BCUT2D eigenvalue weighted by molar-refractivity contribution is 5.84. The lowest BCUT2D eigenvalue weighted by Crippen LogP contribution is -2.00. The molecule has 88 valence electrons. The predicted octanol–water partition coefficient (Wildman–Crippen LogP) is 2.64. The molecule has 0 amide bonds. The molecule has 0 radical (unpaired) electrons. The summed E-state index contributed by atoms with van der Waals surface area (Å²) >= 11 is 0. The first-order chi connectivity index (χ1) is 8.93. The second kappa shape index (κ2) is 4.79. The van der Waals surface area contributed by atoms with Crippen molar-refractivity contribution in [3.63, 3.8) is 0 Å². The second-order valence-electron chi connectivity index (χ2n) is 3.99. The first-order valence-corrected chi connectivity index (χ1v) is 5.74. The van der Waals surface area contributed by atoms with Crippen molar-refractivity contribution in [2.24, 2.45) is 0 Å². The molecule has 0 saturated heterocycles. The highest BCUT2D eigenvalue weighted by Crippen LogP contribution is 2.18. The van der Waals surface area contributed by atoms with E-state index in [1.54, 1.807) is 12.4 Å². The SMILES string of the molecule is c1cc(CNc2cncnc2)c2ccncc2c1. The van der Waals surface area contributed by atoms with Gasteiger partial charge in [0.1, 0.15) is 6.33 Å². The summed E-state index contributed by atoms with van der Waals surface area (Å²) in [6, 6.07) is 8.26. The van der Waals surface area contributed by atoms with Crippen LogP contribution in [0, 0.1) is 0 Å². The van der Waals surface area contributed by atoms with Crippen LogP contribution in [0.15, 0.2) is 55.4 Å². The van der Waals surface area contributed by atoms with E-state index in [-0.39, 0.29) is 0 Å². The van der Waals surface area contributed by atoms with Crippen molar-refractivity contribution in [2.75, 3.05) is 5.32 Å². The Hall–Kier alpha value is -2.49. The number of hydrogen-bond acceptors (Lipinski definition) is 4. The maximum atomic E-state index is 4.13. The van der Waals surface area contributed by atoms with E-state index in [0.717, 1.165) is 17.6 Å². The van der Waals surface area contributed by atoms with Crippen molar-refractivity contribution in [3.8, 4) is 0 Å². The van der Waals surface area contributed by atoms with Gasteiger partial charge in [0.2, 0.25) is 0 Å². The molecule has 1 N–H and O–H groups in total. The molecule has 2 aromatic heterocycles. The molecule has 0 saturated carbocycles. The Morgan fingerprint density at radius 1 is 0.944 bits per heavy atom. The van der Waals surface area contributed by atoms with Crippen molar-refractivity contribution in [3.05, 3.63) is 60.9 Å². The molecule has 0 unspecified atom stereocenters. The summed E-state index contributed by atoms with van der Waals surface area (Å²) in [5.41, 5.74) is 2.15. The molecule has 4 nitrogen and oxygen atoms in total. The van der Waals surface area contributed by atoms with Gasteiger partial charge in [-0.3, -0.25) is 4.98 Å². The lowest BCUT2D eigenvalue weighted by Gasteiger charge is -2.08. The van der Waals surface area contributed by atoms with Gasteiger partial charge < -0.3 is 5.32 Å². The Morgan fingerprint density at radius 2 is 1.83 bits per heavy atom. The number of nitrogens with zero attached hydrogens (tertiary/aromatic N) is 3. The van der Waals surface area contributed by atoms with Crippen LogP contribution in [-0.2, 0) is 6.54 Å². The maximum Gasteiger partial charge on any atom is 0.115 e. The molecule has 0 fully saturated rings. The van der Waals surface area contributed by atoms with Crippen molar-refractivity contribution in [1.82, 2.24) is 15.0 Å². The number of hydrogen-bond donors (Lipinski definition) is 1. The largest absolute Gasteiger partial charge is 0.378 e. The Labute approximate surface area is 105 Å². The third-order valence-electron chi connectivity index (χ3n) is 2.81. The zero-order chi connectivity index (χ0) is 12.2. The van der Waals surface area contributed by atoms with Gasteiger partial charge in [0.15, 0.2) is 0 Å². The summed E-state index contributed by atoms with van der Waals surface area (Å²) in [6.07, 6.45) is 8.75. The lowest BCUT2D eigenvalue weighted by molar-refractivity contribution is 1.11. The van der Waals surface area contributed by atoms with Crippen LogP contribution in [0.1, 0.15) is 5.56 Å². The zero-order valence-corrected chi connectivity index (χ0v) is 9.74. The van der Waals surface area contributed by atoms with Gasteiger partial charge in [0.25, 0.3) is 0 Å². The Morgan fingerprint density at radius 3 is 2.72 bits per heavy atom. The van der Waals surface area contributed by atoms with Crippen molar-refractivity contribution < 1.29 is 0 Å². The Bertz CT molecular complexity index is 647. The summed E-state index contributed by atoms with van der Waals surface area (Å²) < 4.78 is 0. The summed E-state index contributed by atoms with van der Waals surface area (Å²) in [7, 11) is 0. The molecule has 4 heteroatoms. The molecule has 0 aliphatic rings. The first-order valence-electron chi connectivity index (χ1n) is 5.74. The van der Waals surface area contributed by atoms with Crippen molar-refractivity contribution in [1.29, 1.82) is 0 Å². The van der Waals surface area contributed by atoms with Gasteiger partial charge in [0, 0.05) is 24.3 Å². The van der Waals surface area contributed by atoms with Gasteiger partial charge in [-0.05, 0) is 17.0 Å². The number of aromatic nitrogens is 3. The number of nitrogens with one attached hydrogen (secondary N) is 1.